The summed E-state index contributed by atoms with van der Waals surface area (Å²) in [5, 5.41) is 6.70. The van der Waals surface area contributed by atoms with Crippen LogP contribution in [0.3, 0.4) is 0 Å². The number of ether oxygens (including phenoxy) is 3. The van der Waals surface area contributed by atoms with Crippen molar-refractivity contribution in [2.45, 2.75) is 26.0 Å². The Kier molecular flexibility index (Phi) is 12.3. The Hall–Kier alpha value is -1.84. The molecular weight excluding hydrogens is 505 g/mol. The van der Waals surface area contributed by atoms with E-state index in [-0.39, 0.29) is 24.0 Å². The highest BCUT2D eigenvalue weighted by molar-refractivity contribution is 14.0. The van der Waals surface area contributed by atoms with Gasteiger partial charge in [-0.3, -0.25) is 4.99 Å². The average Bonchev–Trinajstić information content (AvgIpc) is 3.31. The zero-order chi connectivity index (χ0) is 20.9. The van der Waals surface area contributed by atoms with Crippen LogP contribution in [0.2, 0.25) is 0 Å². The maximum atomic E-state index is 6.03. The molecule has 2 N–H and O–H groups in total. The van der Waals surface area contributed by atoms with E-state index in [1.807, 2.05) is 36.4 Å². The van der Waals surface area contributed by atoms with Gasteiger partial charge in [-0.2, -0.15) is 0 Å². The highest BCUT2D eigenvalue weighted by Crippen LogP contribution is 2.19. The lowest BCUT2D eigenvalue weighted by molar-refractivity contribution is 0.0888. The first-order valence-corrected chi connectivity index (χ1v) is 10.7. The number of benzene rings is 2. The molecule has 1 aliphatic rings. The van der Waals surface area contributed by atoms with Crippen LogP contribution in [-0.2, 0) is 22.6 Å². The molecule has 1 saturated heterocycles. The quantitative estimate of drug-likeness (QED) is 0.196. The van der Waals surface area contributed by atoms with Crippen molar-refractivity contribution in [2.24, 2.45) is 10.9 Å². The fourth-order valence-corrected chi connectivity index (χ4v) is 3.27. The van der Waals surface area contributed by atoms with Gasteiger partial charge in [-0.25, -0.2) is 0 Å². The van der Waals surface area contributed by atoms with Crippen molar-refractivity contribution in [3.05, 3.63) is 65.7 Å². The van der Waals surface area contributed by atoms with E-state index in [2.05, 4.69) is 33.8 Å². The average molecular weight is 539 g/mol. The normalized spacial score (nSPS) is 15.9. The van der Waals surface area contributed by atoms with Gasteiger partial charge in [0.05, 0.1) is 13.2 Å². The molecular formula is C24H34IN3O3. The van der Waals surface area contributed by atoms with Crippen LogP contribution in [0.1, 0.15) is 24.0 Å². The van der Waals surface area contributed by atoms with Crippen LogP contribution in [0.5, 0.6) is 5.75 Å². The number of hydrogen-bond acceptors (Lipinski definition) is 4. The Morgan fingerprint density at radius 3 is 2.68 bits per heavy atom. The topological polar surface area (TPSA) is 64.1 Å². The third kappa shape index (κ3) is 9.45. The molecule has 1 atom stereocenters. The molecule has 1 unspecified atom stereocenters. The molecule has 0 aromatic heterocycles. The van der Waals surface area contributed by atoms with Gasteiger partial charge in [0.15, 0.2) is 5.96 Å². The summed E-state index contributed by atoms with van der Waals surface area (Å²) in [4.78, 5) is 4.30. The Labute approximate surface area is 202 Å². The van der Waals surface area contributed by atoms with E-state index in [1.54, 1.807) is 7.05 Å². The van der Waals surface area contributed by atoms with E-state index in [0.717, 1.165) is 68.6 Å². The predicted octanol–water partition coefficient (Wildman–Crippen LogP) is 3.99. The summed E-state index contributed by atoms with van der Waals surface area (Å²) in [7, 11) is 1.78. The third-order valence-corrected chi connectivity index (χ3v) is 5.02. The minimum absolute atomic E-state index is 0. The van der Waals surface area contributed by atoms with Gasteiger partial charge >= 0.3 is 0 Å². The molecule has 0 spiro atoms. The second kappa shape index (κ2) is 15.0. The molecule has 170 valence electrons. The maximum absolute atomic E-state index is 6.03. The fourth-order valence-electron chi connectivity index (χ4n) is 3.27. The molecule has 1 heterocycles. The minimum atomic E-state index is 0. The number of guanidine groups is 1. The monoisotopic (exact) mass is 539 g/mol. The van der Waals surface area contributed by atoms with E-state index >= 15 is 0 Å². The molecule has 0 saturated carbocycles. The van der Waals surface area contributed by atoms with Crippen molar-refractivity contribution in [1.82, 2.24) is 10.6 Å². The van der Waals surface area contributed by atoms with Gasteiger partial charge in [0.1, 0.15) is 12.4 Å². The van der Waals surface area contributed by atoms with Crippen LogP contribution in [0.4, 0.5) is 0 Å². The van der Waals surface area contributed by atoms with Crippen molar-refractivity contribution < 1.29 is 14.2 Å². The van der Waals surface area contributed by atoms with E-state index in [9.17, 15) is 0 Å². The summed E-state index contributed by atoms with van der Waals surface area (Å²) in [6.45, 7) is 5.26. The molecule has 3 rings (SSSR count). The first kappa shape index (κ1) is 25.4. The number of halogens is 1. The lowest BCUT2D eigenvalue weighted by Gasteiger charge is -2.15. The number of para-hydroxylation sites is 1. The smallest absolute Gasteiger partial charge is 0.191 e. The first-order chi connectivity index (χ1) is 14.8. The van der Waals surface area contributed by atoms with Gasteiger partial charge in [0.2, 0.25) is 0 Å². The molecule has 0 bridgehead atoms. The highest BCUT2D eigenvalue weighted by Gasteiger charge is 2.15. The molecule has 2 aromatic rings. The van der Waals surface area contributed by atoms with E-state index in [0.29, 0.717) is 19.1 Å². The molecule has 0 amide bonds. The largest absolute Gasteiger partial charge is 0.489 e. The van der Waals surface area contributed by atoms with Crippen molar-refractivity contribution in [3.8, 4) is 5.75 Å². The van der Waals surface area contributed by atoms with Gasteiger partial charge < -0.3 is 24.8 Å². The second-order valence-corrected chi connectivity index (χ2v) is 7.39. The fraction of sp³-hybridized carbons (Fsp3) is 0.458. The molecule has 2 aromatic carbocycles. The number of rotatable bonds is 11. The summed E-state index contributed by atoms with van der Waals surface area (Å²) in [5.41, 5.74) is 2.25. The first-order valence-electron chi connectivity index (χ1n) is 10.7. The Morgan fingerprint density at radius 1 is 1.10 bits per heavy atom. The van der Waals surface area contributed by atoms with Crippen LogP contribution < -0.4 is 15.4 Å². The highest BCUT2D eigenvalue weighted by atomic mass is 127. The Bertz CT molecular complexity index is 768. The lowest BCUT2D eigenvalue weighted by atomic mass is 10.1. The second-order valence-electron chi connectivity index (χ2n) is 7.39. The predicted molar refractivity (Wildman–Crippen MR) is 135 cm³/mol. The van der Waals surface area contributed by atoms with Crippen LogP contribution in [-0.4, -0.2) is 46.0 Å². The van der Waals surface area contributed by atoms with Crippen LogP contribution >= 0.6 is 24.0 Å². The van der Waals surface area contributed by atoms with Crippen molar-refractivity contribution in [3.63, 3.8) is 0 Å². The molecule has 6 nitrogen and oxygen atoms in total. The number of nitrogens with one attached hydrogen (secondary N) is 2. The minimum Gasteiger partial charge on any atom is -0.489 e. The summed E-state index contributed by atoms with van der Waals surface area (Å²) < 4.78 is 17.1. The van der Waals surface area contributed by atoms with E-state index in [1.165, 1.54) is 0 Å². The number of aliphatic imine (C=N–C) groups is 1. The van der Waals surface area contributed by atoms with Gasteiger partial charge in [-0.1, -0.05) is 48.5 Å². The number of nitrogens with zero attached hydrogens (tertiary/aromatic N) is 1. The van der Waals surface area contributed by atoms with E-state index < -0.39 is 0 Å². The molecule has 0 radical (unpaired) electrons. The third-order valence-electron chi connectivity index (χ3n) is 5.02. The Morgan fingerprint density at radius 2 is 1.90 bits per heavy atom. The van der Waals surface area contributed by atoms with Crippen LogP contribution in [0.15, 0.2) is 59.6 Å². The van der Waals surface area contributed by atoms with Gasteiger partial charge in [0.25, 0.3) is 0 Å². The summed E-state index contributed by atoms with van der Waals surface area (Å²) in [5.74, 6) is 2.22. The molecule has 1 aliphatic heterocycles. The van der Waals surface area contributed by atoms with Crippen molar-refractivity contribution >= 4 is 29.9 Å². The van der Waals surface area contributed by atoms with Crippen molar-refractivity contribution in [1.29, 1.82) is 0 Å². The summed E-state index contributed by atoms with van der Waals surface area (Å²) >= 11 is 0. The van der Waals surface area contributed by atoms with Gasteiger partial charge in [-0.15, -0.1) is 24.0 Å². The zero-order valence-electron chi connectivity index (χ0n) is 18.2. The molecule has 7 heteroatoms. The molecule has 0 aliphatic carbocycles. The van der Waals surface area contributed by atoms with E-state index in [4.69, 9.17) is 14.2 Å². The van der Waals surface area contributed by atoms with Crippen LogP contribution in [0.25, 0.3) is 0 Å². The van der Waals surface area contributed by atoms with Crippen molar-refractivity contribution in [2.75, 3.05) is 40.0 Å². The van der Waals surface area contributed by atoms with Gasteiger partial charge in [0, 0.05) is 44.8 Å². The molecule has 1 fully saturated rings. The summed E-state index contributed by atoms with van der Waals surface area (Å²) in [6, 6.07) is 18.3. The summed E-state index contributed by atoms with van der Waals surface area (Å²) in [6.07, 6.45) is 2.05. The SMILES string of the molecule is CN=C(NCCCOCC1CCOC1)NCc1ccccc1OCc1ccccc1.I. The standard InChI is InChI=1S/C24H33N3O3.HI/c1-25-24(26-13-7-14-28-17-21-12-15-29-18-21)27-16-22-10-5-6-11-23(22)30-19-20-8-3-2-4-9-20;/h2-6,8-11,21H,7,12-19H2,1H3,(H2,25,26,27);1H. The van der Waals surface area contributed by atoms with Crippen LogP contribution in [0, 0.1) is 5.92 Å². The number of hydrogen-bond donors (Lipinski definition) is 2. The zero-order valence-corrected chi connectivity index (χ0v) is 20.5. The lowest BCUT2D eigenvalue weighted by Crippen LogP contribution is -2.37. The van der Waals surface area contributed by atoms with Gasteiger partial charge in [-0.05, 0) is 24.5 Å². The molecule has 31 heavy (non-hydrogen) atoms. The Balaban J connectivity index is 0.00000341. The maximum Gasteiger partial charge on any atom is 0.191 e.